The molecule has 4 heteroatoms. The van der Waals surface area contributed by atoms with Crippen molar-refractivity contribution in [3.05, 3.63) is 41.5 Å². The number of benzene rings is 1. The molecule has 2 rings (SSSR count). The van der Waals surface area contributed by atoms with Gasteiger partial charge in [-0.1, -0.05) is 33.3 Å². The Kier molecular flexibility index (Phi) is 5.12. The van der Waals surface area contributed by atoms with E-state index < -0.39 is 0 Å². The molecule has 0 radical (unpaired) electrons. The summed E-state index contributed by atoms with van der Waals surface area (Å²) in [4.78, 5) is 0. The van der Waals surface area contributed by atoms with E-state index in [1.807, 2.05) is 30.1 Å². The zero-order valence-corrected chi connectivity index (χ0v) is 13.3. The first-order chi connectivity index (χ1) is 10.0. The summed E-state index contributed by atoms with van der Waals surface area (Å²) >= 11 is 0. The first-order valence-corrected chi connectivity index (χ1v) is 7.56. The van der Waals surface area contributed by atoms with Crippen molar-refractivity contribution in [1.29, 1.82) is 0 Å². The highest BCUT2D eigenvalue weighted by molar-refractivity contribution is 5.66. The quantitative estimate of drug-likeness (QED) is 0.879. The maximum absolute atomic E-state index is 13.9. The van der Waals surface area contributed by atoms with E-state index in [1.165, 1.54) is 0 Å². The maximum atomic E-state index is 13.9. The third-order valence-corrected chi connectivity index (χ3v) is 3.45. The van der Waals surface area contributed by atoms with E-state index in [0.717, 1.165) is 29.7 Å². The summed E-state index contributed by atoms with van der Waals surface area (Å²) < 4.78 is 15.8. The van der Waals surface area contributed by atoms with E-state index in [1.54, 1.807) is 6.07 Å². The second kappa shape index (κ2) is 6.85. The summed E-state index contributed by atoms with van der Waals surface area (Å²) in [5, 5.41) is 7.78. The Morgan fingerprint density at radius 2 is 2.10 bits per heavy atom. The number of aromatic nitrogens is 2. The molecule has 0 aliphatic carbocycles. The van der Waals surface area contributed by atoms with Gasteiger partial charge < -0.3 is 5.32 Å². The molecule has 0 aliphatic heterocycles. The molecule has 0 spiro atoms. The fourth-order valence-electron chi connectivity index (χ4n) is 2.39. The van der Waals surface area contributed by atoms with Gasteiger partial charge in [0.05, 0.1) is 5.69 Å². The van der Waals surface area contributed by atoms with E-state index >= 15 is 0 Å². The van der Waals surface area contributed by atoms with Crippen LogP contribution in [0, 0.1) is 5.82 Å². The number of hydrogen-bond acceptors (Lipinski definition) is 2. The van der Waals surface area contributed by atoms with Gasteiger partial charge in [-0.05, 0) is 24.1 Å². The van der Waals surface area contributed by atoms with E-state index in [4.69, 9.17) is 0 Å². The van der Waals surface area contributed by atoms with Crippen LogP contribution in [0.25, 0.3) is 11.1 Å². The Hall–Kier alpha value is -1.68. The highest BCUT2D eigenvalue weighted by atomic mass is 19.1. The molecule has 1 N–H and O–H groups in total. The van der Waals surface area contributed by atoms with Crippen LogP contribution in [-0.2, 0) is 20.0 Å². The van der Waals surface area contributed by atoms with E-state index in [0.29, 0.717) is 18.2 Å². The first-order valence-electron chi connectivity index (χ1n) is 7.56. The Morgan fingerprint density at radius 1 is 1.33 bits per heavy atom. The number of halogens is 1. The van der Waals surface area contributed by atoms with Crippen LogP contribution in [-0.4, -0.2) is 15.8 Å². The largest absolute Gasteiger partial charge is 0.310 e. The van der Waals surface area contributed by atoms with Gasteiger partial charge in [0.1, 0.15) is 5.82 Å². The lowest BCUT2D eigenvalue weighted by atomic mass is 10.0. The van der Waals surface area contributed by atoms with E-state index in [2.05, 4.69) is 31.2 Å². The first kappa shape index (κ1) is 15.7. The zero-order valence-electron chi connectivity index (χ0n) is 13.3. The molecular weight excluding hydrogens is 265 g/mol. The molecule has 114 valence electrons. The van der Waals surface area contributed by atoms with Crippen molar-refractivity contribution < 1.29 is 4.39 Å². The van der Waals surface area contributed by atoms with Crippen LogP contribution >= 0.6 is 0 Å². The van der Waals surface area contributed by atoms with Crippen molar-refractivity contribution >= 4 is 0 Å². The van der Waals surface area contributed by atoms with Crippen molar-refractivity contribution in [3.63, 3.8) is 0 Å². The van der Waals surface area contributed by atoms with Gasteiger partial charge in [0.2, 0.25) is 0 Å². The van der Waals surface area contributed by atoms with E-state index in [-0.39, 0.29) is 5.82 Å². The highest BCUT2D eigenvalue weighted by Crippen LogP contribution is 2.26. The van der Waals surface area contributed by atoms with Crippen molar-refractivity contribution in [1.82, 2.24) is 15.1 Å². The van der Waals surface area contributed by atoms with Crippen LogP contribution < -0.4 is 5.32 Å². The molecule has 1 aromatic heterocycles. The molecule has 0 bridgehead atoms. The van der Waals surface area contributed by atoms with Crippen molar-refractivity contribution in [3.8, 4) is 11.1 Å². The van der Waals surface area contributed by atoms with Gasteiger partial charge >= 0.3 is 0 Å². The second-order valence-corrected chi connectivity index (χ2v) is 5.75. The topological polar surface area (TPSA) is 29.9 Å². The molecule has 21 heavy (non-hydrogen) atoms. The predicted molar refractivity (Wildman–Crippen MR) is 84.6 cm³/mol. The highest BCUT2D eigenvalue weighted by Gasteiger charge is 2.12. The Labute approximate surface area is 126 Å². The smallest absolute Gasteiger partial charge is 0.127 e. The molecule has 0 saturated heterocycles. The van der Waals surface area contributed by atoms with Gasteiger partial charge in [0.25, 0.3) is 0 Å². The molecular formula is C17H24FN3. The van der Waals surface area contributed by atoms with Gasteiger partial charge in [-0.25, -0.2) is 4.39 Å². The van der Waals surface area contributed by atoms with Crippen molar-refractivity contribution in [2.45, 2.75) is 46.2 Å². The SMILES string of the molecule is CCCc1nn(C)cc1-c1ccc(F)c(CNC(C)C)c1. The van der Waals surface area contributed by atoms with Gasteiger partial charge in [0, 0.05) is 37.0 Å². The summed E-state index contributed by atoms with van der Waals surface area (Å²) in [7, 11) is 1.92. The summed E-state index contributed by atoms with van der Waals surface area (Å²) in [6.07, 6.45) is 4.00. The molecule has 3 nitrogen and oxygen atoms in total. The molecule has 1 aromatic carbocycles. The van der Waals surface area contributed by atoms with Crippen LogP contribution in [0.1, 0.15) is 38.4 Å². The average molecular weight is 289 g/mol. The lowest BCUT2D eigenvalue weighted by Gasteiger charge is -2.10. The monoisotopic (exact) mass is 289 g/mol. The number of nitrogens with zero attached hydrogens (tertiary/aromatic N) is 2. The zero-order chi connectivity index (χ0) is 15.4. The number of rotatable bonds is 6. The molecule has 0 fully saturated rings. The third kappa shape index (κ3) is 3.91. The minimum Gasteiger partial charge on any atom is -0.310 e. The normalized spacial score (nSPS) is 11.3. The Bertz CT molecular complexity index is 602. The minimum atomic E-state index is -0.159. The molecule has 0 saturated carbocycles. The Balaban J connectivity index is 2.34. The fourth-order valence-corrected chi connectivity index (χ4v) is 2.39. The molecule has 2 aromatic rings. The minimum absolute atomic E-state index is 0.159. The third-order valence-electron chi connectivity index (χ3n) is 3.45. The van der Waals surface area contributed by atoms with Crippen molar-refractivity contribution in [2.75, 3.05) is 0 Å². The van der Waals surface area contributed by atoms with Crippen LogP contribution in [0.4, 0.5) is 4.39 Å². The summed E-state index contributed by atoms with van der Waals surface area (Å²) in [5.74, 6) is -0.159. The number of hydrogen-bond donors (Lipinski definition) is 1. The number of aryl methyl sites for hydroxylation is 2. The Morgan fingerprint density at radius 3 is 2.76 bits per heavy atom. The van der Waals surface area contributed by atoms with Crippen LogP contribution in [0.15, 0.2) is 24.4 Å². The second-order valence-electron chi connectivity index (χ2n) is 5.75. The lowest BCUT2D eigenvalue weighted by Crippen LogP contribution is -2.22. The molecule has 1 heterocycles. The van der Waals surface area contributed by atoms with Gasteiger partial charge in [-0.3, -0.25) is 4.68 Å². The van der Waals surface area contributed by atoms with E-state index in [9.17, 15) is 4.39 Å². The van der Waals surface area contributed by atoms with Crippen molar-refractivity contribution in [2.24, 2.45) is 7.05 Å². The summed E-state index contributed by atoms with van der Waals surface area (Å²) in [6, 6.07) is 5.66. The maximum Gasteiger partial charge on any atom is 0.127 e. The van der Waals surface area contributed by atoms with Crippen LogP contribution in [0.5, 0.6) is 0 Å². The van der Waals surface area contributed by atoms with Gasteiger partial charge in [0.15, 0.2) is 0 Å². The summed E-state index contributed by atoms with van der Waals surface area (Å²) in [6.45, 7) is 6.80. The molecule has 0 unspecified atom stereocenters. The van der Waals surface area contributed by atoms with Crippen LogP contribution in [0.2, 0.25) is 0 Å². The predicted octanol–water partition coefficient (Wildman–Crippen LogP) is 3.68. The lowest BCUT2D eigenvalue weighted by molar-refractivity contribution is 0.553. The van der Waals surface area contributed by atoms with Gasteiger partial charge in [-0.2, -0.15) is 5.10 Å². The molecule has 0 atom stereocenters. The standard InChI is InChI=1S/C17H24FN3/c1-5-6-17-15(11-21(4)20-17)13-7-8-16(18)14(9-13)10-19-12(2)3/h7-9,11-12,19H,5-6,10H2,1-4H3. The summed E-state index contributed by atoms with van der Waals surface area (Å²) in [5.41, 5.74) is 3.92. The van der Waals surface area contributed by atoms with Gasteiger partial charge in [-0.15, -0.1) is 0 Å². The van der Waals surface area contributed by atoms with Crippen LogP contribution in [0.3, 0.4) is 0 Å². The fraction of sp³-hybridized carbons (Fsp3) is 0.471. The molecule has 0 aliphatic rings. The average Bonchev–Trinajstić information content (AvgIpc) is 2.79. The molecule has 0 amide bonds. The number of nitrogens with one attached hydrogen (secondary N) is 1.